The van der Waals surface area contributed by atoms with E-state index in [2.05, 4.69) is 24.2 Å². The number of unbranched alkanes of at least 4 members (excludes halogenated alkanes) is 18. The highest BCUT2D eigenvalue weighted by Crippen LogP contribution is 2.12. The highest BCUT2D eigenvalue weighted by molar-refractivity contribution is 6.30. The first-order valence-electron chi connectivity index (χ1n) is 13.2. The molecule has 0 rings (SSSR count). The Balaban J connectivity index is 3.53. The Bertz CT molecular complexity index is 383. The third-order valence-corrected chi connectivity index (χ3v) is 5.76. The predicted molar refractivity (Wildman–Crippen MR) is 132 cm³/mol. The molecular weight excluding hydrogens is 372 g/mol. The van der Waals surface area contributed by atoms with Crippen molar-refractivity contribution in [3.8, 4) is 0 Å². The van der Waals surface area contributed by atoms with E-state index in [0.29, 0.717) is 6.61 Å². The molecule has 0 aromatic rings. The van der Waals surface area contributed by atoms with Crippen LogP contribution in [0.2, 0.25) is 0 Å². The summed E-state index contributed by atoms with van der Waals surface area (Å²) < 4.78 is 0. The summed E-state index contributed by atoms with van der Waals surface area (Å²) in [6, 6.07) is 0. The molecule has 0 bridgehead atoms. The lowest BCUT2D eigenvalue weighted by atomic mass is 10.1. The molecule has 0 aromatic heterocycles. The maximum atomic E-state index is 8.82. The van der Waals surface area contributed by atoms with E-state index in [9.17, 15) is 0 Å². The van der Waals surface area contributed by atoms with Gasteiger partial charge in [0.25, 0.3) is 0 Å². The van der Waals surface area contributed by atoms with Gasteiger partial charge >= 0.3 is 0 Å². The first-order chi connectivity index (χ1) is 14.8. The Labute approximate surface area is 187 Å². The van der Waals surface area contributed by atoms with Crippen LogP contribution in [0.25, 0.3) is 0 Å². The van der Waals surface area contributed by atoms with Gasteiger partial charge in [0, 0.05) is 0 Å². The zero-order valence-electron chi connectivity index (χ0n) is 20.4. The van der Waals surface area contributed by atoms with Gasteiger partial charge in [0.05, 0.1) is 6.21 Å². The highest BCUT2D eigenvalue weighted by atomic mass is 16.6. The summed E-state index contributed by atoms with van der Waals surface area (Å²) in [5, 5.41) is 16.1. The van der Waals surface area contributed by atoms with E-state index in [1.807, 2.05) is 0 Å². The minimum atomic E-state index is 0.664. The van der Waals surface area contributed by atoms with Crippen molar-refractivity contribution in [1.29, 1.82) is 0 Å². The molecular formula is C26H52N2O2. The van der Waals surface area contributed by atoms with Crippen molar-refractivity contribution in [3.63, 3.8) is 0 Å². The Hall–Kier alpha value is -1.06. The van der Waals surface area contributed by atoms with E-state index in [1.165, 1.54) is 122 Å². The van der Waals surface area contributed by atoms with Crippen molar-refractivity contribution in [2.75, 3.05) is 6.61 Å². The molecule has 0 radical (unpaired) electrons. The molecule has 0 amide bonds. The van der Waals surface area contributed by atoms with Gasteiger partial charge in [-0.3, -0.25) is 0 Å². The lowest BCUT2D eigenvalue weighted by Gasteiger charge is -2.04. The predicted octanol–water partition coefficient (Wildman–Crippen LogP) is 9.05. The molecule has 4 nitrogen and oxygen atoms in total. The van der Waals surface area contributed by atoms with Gasteiger partial charge in [0.1, 0.15) is 12.3 Å². The largest absolute Gasteiger partial charge is 0.411 e. The summed E-state index contributed by atoms with van der Waals surface area (Å²) in [7, 11) is 0. The summed E-state index contributed by atoms with van der Waals surface area (Å²) in [5.41, 5.74) is 0.754. The van der Waals surface area contributed by atoms with E-state index in [-0.39, 0.29) is 0 Å². The molecule has 0 saturated heterocycles. The van der Waals surface area contributed by atoms with Crippen molar-refractivity contribution < 1.29 is 10.0 Å². The zero-order valence-corrected chi connectivity index (χ0v) is 20.4. The van der Waals surface area contributed by atoms with E-state index >= 15 is 0 Å². The maximum absolute atomic E-state index is 8.82. The summed E-state index contributed by atoms with van der Waals surface area (Å²) >= 11 is 0. The Morgan fingerprint density at radius 3 is 1.43 bits per heavy atom. The molecule has 0 aliphatic rings. The van der Waals surface area contributed by atoms with E-state index in [1.54, 1.807) is 0 Å². The molecule has 0 aromatic carbocycles. The van der Waals surface area contributed by atoms with Gasteiger partial charge in [0.15, 0.2) is 0 Å². The topological polar surface area (TPSA) is 54.2 Å². The summed E-state index contributed by atoms with van der Waals surface area (Å²) in [6.45, 7) is 5.20. The van der Waals surface area contributed by atoms with Crippen molar-refractivity contribution >= 4 is 11.9 Å². The molecule has 178 valence electrons. The monoisotopic (exact) mass is 424 g/mol. The van der Waals surface area contributed by atoms with Gasteiger partial charge in [-0.25, -0.2) is 0 Å². The summed E-state index contributed by atoms with van der Waals surface area (Å²) in [6.07, 6.45) is 28.6. The van der Waals surface area contributed by atoms with Gasteiger partial charge in [-0.05, 0) is 25.7 Å². The minimum Gasteiger partial charge on any atom is -0.411 e. The van der Waals surface area contributed by atoms with E-state index in [0.717, 1.165) is 25.0 Å². The number of oxime groups is 2. The maximum Gasteiger partial charge on any atom is 0.117 e. The van der Waals surface area contributed by atoms with Gasteiger partial charge in [0.2, 0.25) is 0 Å². The second kappa shape index (κ2) is 26.0. The fourth-order valence-corrected chi connectivity index (χ4v) is 3.78. The van der Waals surface area contributed by atoms with Crippen molar-refractivity contribution in [3.05, 3.63) is 0 Å². The Morgan fingerprint density at radius 1 is 0.600 bits per heavy atom. The number of hydrogen-bond donors (Lipinski definition) is 1. The lowest BCUT2D eigenvalue weighted by Crippen LogP contribution is -2.02. The van der Waals surface area contributed by atoms with E-state index < -0.39 is 0 Å². The van der Waals surface area contributed by atoms with Gasteiger partial charge in [-0.1, -0.05) is 133 Å². The van der Waals surface area contributed by atoms with Crippen molar-refractivity contribution in [2.45, 2.75) is 149 Å². The molecule has 0 unspecified atom stereocenters. The van der Waals surface area contributed by atoms with E-state index in [4.69, 9.17) is 10.0 Å². The second-order valence-electron chi connectivity index (χ2n) is 8.77. The average Bonchev–Trinajstić information content (AvgIpc) is 2.75. The fourth-order valence-electron chi connectivity index (χ4n) is 3.78. The zero-order chi connectivity index (χ0) is 22.0. The number of nitrogens with zero attached hydrogens (tertiary/aromatic N) is 2. The van der Waals surface area contributed by atoms with Crippen LogP contribution in [0.5, 0.6) is 0 Å². The molecule has 1 N–H and O–H groups in total. The van der Waals surface area contributed by atoms with Crippen LogP contribution < -0.4 is 0 Å². The average molecular weight is 425 g/mol. The standard InChI is InChI=1S/C26H52N2O2/c1-3-5-7-9-11-13-15-17-19-21-23-26(25-27-29)28-30-24-22-20-18-16-14-12-10-8-6-4-2/h25,29H,3-24H2,1-2H3. The molecule has 0 spiro atoms. The van der Waals surface area contributed by atoms with Crippen LogP contribution in [0, 0.1) is 0 Å². The number of hydrogen-bond acceptors (Lipinski definition) is 4. The molecule has 0 fully saturated rings. The molecule has 0 aliphatic heterocycles. The number of rotatable bonds is 24. The Morgan fingerprint density at radius 2 is 1.00 bits per heavy atom. The van der Waals surface area contributed by atoms with Crippen LogP contribution in [0.15, 0.2) is 10.3 Å². The molecule has 0 aliphatic carbocycles. The Kier molecular flexibility index (Phi) is 25.1. The van der Waals surface area contributed by atoms with Gasteiger partial charge in [-0.2, -0.15) is 0 Å². The van der Waals surface area contributed by atoms with Crippen LogP contribution >= 0.6 is 0 Å². The lowest BCUT2D eigenvalue weighted by molar-refractivity contribution is 0.139. The first-order valence-corrected chi connectivity index (χ1v) is 13.2. The molecule has 4 heteroatoms. The smallest absolute Gasteiger partial charge is 0.117 e. The van der Waals surface area contributed by atoms with Crippen LogP contribution in [0.1, 0.15) is 149 Å². The highest BCUT2D eigenvalue weighted by Gasteiger charge is 1.99. The van der Waals surface area contributed by atoms with Crippen LogP contribution in [0.4, 0.5) is 0 Å². The molecule has 0 atom stereocenters. The van der Waals surface area contributed by atoms with Gasteiger partial charge < -0.3 is 10.0 Å². The molecule has 0 heterocycles. The van der Waals surface area contributed by atoms with Gasteiger partial charge in [-0.15, -0.1) is 0 Å². The minimum absolute atomic E-state index is 0.664. The fraction of sp³-hybridized carbons (Fsp3) is 0.923. The third kappa shape index (κ3) is 23.2. The normalized spacial score (nSPS) is 12.1. The van der Waals surface area contributed by atoms with Crippen molar-refractivity contribution in [1.82, 2.24) is 0 Å². The third-order valence-electron chi connectivity index (χ3n) is 5.76. The molecule has 0 saturated carbocycles. The second-order valence-corrected chi connectivity index (χ2v) is 8.77. The van der Waals surface area contributed by atoms with Crippen LogP contribution in [-0.4, -0.2) is 23.7 Å². The quantitative estimate of drug-likeness (QED) is 0.0727. The van der Waals surface area contributed by atoms with Crippen LogP contribution in [-0.2, 0) is 4.84 Å². The summed E-state index contributed by atoms with van der Waals surface area (Å²) in [5.74, 6) is 0. The first kappa shape index (κ1) is 28.9. The molecule has 30 heavy (non-hydrogen) atoms. The SMILES string of the molecule is CCCCCCCCCCCCON=C(C=NO)CCCCCCCCCCCC. The van der Waals surface area contributed by atoms with Crippen LogP contribution in [0.3, 0.4) is 0 Å². The summed E-state index contributed by atoms with van der Waals surface area (Å²) in [4.78, 5) is 5.45. The van der Waals surface area contributed by atoms with Crippen molar-refractivity contribution in [2.24, 2.45) is 10.3 Å².